The molecule has 0 saturated carbocycles. The summed E-state index contributed by atoms with van der Waals surface area (Å²) < 4.78 is 0. The van der Waals surface area contributed by atoms with Crippen molar-refractivity contribution in [3.8, 4) is 10.6 Å². The van der Waals surface area contributed by atoms with Gasteiger partial charge < -0.3 is 11.1 Å². The number of nitrogens with two attached hydrogens (primary N) is 1. The molecule has 0 aliphatic carbocycles. The van der Waals surface area contributed by atoms with E-state index in [0.717, 1.165) is 21.7 Å². The Morgan fingerprint density at radius 3 is 2.59 bits per heavy atom. The maximum Gasteiger partial charge on any atom is 0.263 e. The second kappa shape index (κ2) is 7.72. The molecule has 3 rings (SSSR count). The number of thiazole rings is 1. The van der Waals surface area contributed by atoms with Crippen LogP contribution in [-0.4, -0.2) is 16.8 Å². The molecular weight excluding hydrogens is 358 g/mol. The first-order valence-corrected chi connectivity index (χ1v) is 9.39. The minimum Gasteiger partial charge on any atom is -0.366 e. The molecule has 0 spiro atoms. The van der Waals surface area contributed by atoms with Gasteiger partial charge in [0.05, 0.1) is 5.69 Å². The minimum atomic E-state index is -0.486. The average molecular weight is 379 g/mol. The molecule has 0 saturated heterocycles. The van der Waals surface area contributed by atoms with Crippen molar-refractivity contribution in [3.05, 3.63) is 75.3 Å². The molecule has 27 heavy (non-hydrogen) atoms. The van der Waals surface area contributed by atoms with Crippen LogP contribution in [0, 0.1) is 20.8 Å². The van der Waals surface area contributed by atoms with Crippen LogP contribution in [0.4, 0.5) is 0 Å². The van der Waals surface area contributed by atoms with Crippen LogP contribution < -0.4 is 11.1 Å². The Bertz CT molecular complexity index is 1020. The third kappa shape index (κ3) is 4.23. The Labute approximate surface area is 162 Å². The summed E-state index contributed by atoms with van der Waals surface area (Å²) >= 11 is 1.39. The number of nitrogens with zero attached hydrogens (tertiary/aromatic N) is 1. The lowest BCUT2D eigenvalue weighted by atomic mass is 10.1. The first kappa shape index (κ1) is 18.8. The van der Waals surface area contributed by atoms with E-state index in [1.54, 1.807) is 18.2 Å². The van der Waals surface area contributed by atoms with E-state index in [1.165, 1.54) is 16.9 Å². The number of carbonyl (C=O) groups is 2. The zero-order chi connectivity index (χ0) is 19.6. The summed E-state index contributed by atoms with van der Waals surface area (Å²) in [6.07, 6.45) is 0. The van der Waals surface area contributed by atoms with Gasteiger partial charge in [0.25, 0.3) is 5.91 Å². The number of aromatic nitrogens is 1. The van der Waals surface area contributed by atoms with E-state index in [4.69, 9.17) is 5.73 Å². The first-order chi connectivity index (χ1) is 12.8. The van der Waals surface area contributed by atoms with E-state index in [2.05, 4.69) is 23.3 Å². The first-order valence-electron chi connectivity index (χ1n) is 8.57. The molecule has 0 radical (unpaired) electrons. The van der Waals surface area contributed by atoms with Gasteiger partial charge in [0.15, 0.2) is 0 Å². The highest BCUT2D eigenvalue weighted by molar-refractivity contribution is 7.17. The van der Waals surface area contributed by atoms with Crippen molar-refractivity contribution in [3.63, 3.8) is 0 Å². The van der Waals surface area contributed by atoms with Crippen LogP contribution in [0.25, 0.3) is 10.6 Å². The lowest BCUT2D eigenvalue weighted by Gasteiger charge is -2.05. The van der Waals surface area contributed by atoms with Crippen LogP contribution in [0.2, 0.25) is 0 Å². The molecule has 138 valence electrons. The molecule has 0 aliphatic heterocycles. The summed E-state index contributed by atoms with van der Waals surface area (Å²) in [7, 11) is 0. The summed E-state index contributed by atoms with van der Waals surface area (Å²) in [4.78, 5) is 29.1. The van der Waals surface area contributed by atoms with Crippen LogP contribution in [0.5, 0.6) is 0 Å². The number of benzene rings is 2. The molecule has 1 aromatic heterocycles. The van der Waals surface area contributed by atoms with Gasteiger partial charge in [-0.1, -0.05) is 35.9 Å². The van der Waals surface area contributed by atoms with Gasteiger partial charge in [-0.25, -0.2) is 4.98 Å². The van der Waals surface area contributed by atoms with Crippen molar-refractivity contribution in [2.24, 2.45) is 5.73 Å². The van der Waals surface area contributed by atoms with Crippen LogP contribution in [0.1, 0.15) is 42.4 Å². The second-order valence-corrected chi connectivity index (χ2v) is 7.50. The highest BCUT2D eigenvalue weighted by atomic mass is 32.1. The molecule has 3 aromatic rings. The Balaban J connectivity index is 1.77. The molecule has 0 atom stereocenters. The van der Waals surface area contributed by atoms with E-state index in [1.807, 2.05) is 32.0 Å². The van der Waals surface area contributed by atoms with Gasteiger partial charge in [-0.2, -0.15) is 0 Å². The van der Waals surface area contributed by atoms with Crippen molar-refractivity contribution < 1.29 is 9.59 Å². The molecule has 2 amide bonds. The van der Waals surface area contributed by atoms with Crippen molar-refractivity contribution in [1.82, 2.24) is 10.3 Å². The topological polar surface area (TPSA) is 85.1 Å². The Hall–Kier alpha value is -2.99. The van der Waals surface area contributed by atoms with E-state index >= 15 is 0 Å². The zero-order valence-corrected chi connectivity index (χ0v) is 16.3. The van der Waals surface area contributed by atoms with E-state index < -0.39 is 5.91 Å². The summed E-state index contributed by atoms with van der Waals surface area (Å²) in [5, 5.41) is 3.73. The molecular formula is C21H21N3O2S. The number of amides is 2. The van der Waals surface area contributed by atoms with Crippen LogP contribution in [0.15, 0.2) is 42.5 Å². The number of hydrogen-bond acceptors (Lipinski definition) is 4. The number of primary amides is 1. The van der Waals surface area contributed by atoms with E-state index in [9.17, 15) is 9.59 Å². The molecule has 0 fully saturated rings. The number of rotatable bonds is 5. The van der Waals surface area contributed by atoms with E-state index in [-0.39, 0.29) is 5.91 Å². The minimum absolute atomic E-state index is 0.175. The fourth-order valence-electron chi connectivity index (χ4n) is 2.87. The van der Waals surface area contributed by atoms with Crippen molar-refractivity contribution >= 4 is 23.2 Å². The molecule has 5 nitrogen and oxygen atoms in total. The number of aryl methyl sites for hydroxylation is 3. The number of carbonyl (C=O) groups excluding carboxylic acids is 2. The van der Waals surface area contributed by atoms with Crippen molar-refractivity contribution in [1.29, 1.82) is 0 Å². The van der Waals surface area contributed by atoms with Gasteiger partial charge in [0.1, 0.15) is 9.88 Å². The molecule has 2 aromatic carbocycles. The largest absolute Gasteiger partial charge is 0.366 e. The molecule has 0 aliphatic rings. The lowest BCUT2D eigenvalue weighted by Crippen LogP contribution is -2.23. The van der Waals surface area contributed by atoms with Gasteiger partial charge in [-0.3, -0.25) is 9.59 Å². The Kier molecular flexibility index (Phi) is 5.37. The second-order valence-electron chi connectivity index (χ2n) is 6.50. The smallest absolute Gasteiger partial charge is 0.263 e. The third-order valence-electron chi connectivity index (χ3n) is 4.28. The number of hydrogen-bond donors (Lipinski definition) is 2. The Morgan fingerprint density at radius 1 is 1.11 bits per heavy atom. The van der Waals surface area contributed by atoms with Gasteiger partial charge >= 0.3 is 0 Å². The highest BCUT2D eigenvalue weighted by Gasteiger charge is 2.17. The molecule has 3 N–H and O–H groups in total. The van der Waals surface area contributed by atoms with Gasteiger partial charge in [0, 0.05) is 17.7 Å². The summed E-state index contributed by atoms with van der Waals surface area (Å²) in [6.45, 7) is 6.25. The SMILES string of the molecule is Cc1ccc(-c2nc(C)c(C(=O)NCc3cccc(C(N)=O)c3)s2)c(C)c1. The summed E-state index contributed by atoms with van der Waals surface area (Å²) in [6, 6.07) is 13.1. The average Bonchev–Trinajstić information content (AvgIpc) is 3.01. The van der Waals surface area contributed by atoms with Crippen molar-refractivity contribution in [2.75, 3.05) is 0 Å². The van der Waals surface area contributed by atoms with Gasteiger partial charge in [-0.05, 0) is 44.0 Å². The molecule has 6 heteroatoms. The lowest BCUT2D eigenvalue weighted by molar-refractivity contribution is 0.0953. The Morgan fingerprint density at radius 2 is 1.89 bits per heavy atom. The maximum atomic E-state index is 12.6. The van der Waals surface area contributed by atoms with Crippen LogP contribution in [0.3, 0.4) is 0 Å². The quantitative estimate of drug-likeness (QED) is 0.708. The monoisotopic (exact) mass is 379 g/mol. The molecule has 1 heterocycles. The van der Waals surface area contributed by atoms with Gasteiger partial charge in [0.2, 0.25) is 5.91 Å². The number of nitrogens with one attached hydrogen (secondary N) is 1. The van der Waals surface area contributed by atoms with Gasteiger partial charge in [-0.15, -0.1) is 11.3 Å². The predicted molar refractivity (Wildman–Crippen MR) is 108 cm³/mol. The van der Waals surface area contributed by atoms with Crippen LogP contribution in [-0.2, 0) is 6.54 Å². The maximum absolute atomic E-state index is 12.6. The normalized spacial score (nSPS) is 10.6. The molecule has 0 unspecified atom stereocenters. The highest BCUT2D eigenvalue weighted by Crippen LogP contribution is 2.30. The fraction of sp³-hybridized carbons (Fsp3) is 0.190. The molecule has 0 bridgehead atoms. The zero-order valence-electron chi connectivity index (χ0n) is 15.5. The predicted octanol–water partition coefficient (Wildman–Crippen LogP) is 3.76. The van der Waals surface area contributed by atoms with Crippen molar-refractivity contribution in [2.45, 2.75) is 27.3 Å². The standard InChI is InChI=1S/C21H21N3O2S/c1-12-7-8-17(13(2)9-12)21-24-14(3)18(27-21)20(26)23-11-15-5-4-6-16(10-15)19(22)25/h4-10H,11H2,1-3H3,(H2,22,25)(H,23,26). The third-order valence-corrected chi connectivity index (χ3v) is 5.47. The summed E-state index contributed by atoms with van der Waals surface area (Å²) in [5.74, 6) is -0.662. The summed E-state index contributed by atoms with van der Waals surface area (Å²) in [5.41, 5.74) is 10.6. The van der Waals surface area contributed by atoms with E-state index in [0.29, 0.717) is 22.7 Å². The van der Waals surface area contributed by atoms with Crippen LogP contribution >= 0.6 is 11.3 Å². The fourth-order valence-corrected chi connectivity index (χ4v) is 3.95.